The Morgan fingerprint density at radius 3 is 2.67 bits per heavy atom. The van der Waals surface area contributed by atoms with Crippen LogP contribution in [0.2, 0.25) is 0 Å². The van der Waals surface area contributed by atoms with Gasteiger partial charge in [0.1, 0.15) is 5.41 Å². The first-order chi connectivity index (χ1) is 8.58. The number of hydrogen-bond donors (Lipinski definition) is 1. The summed E-state index contributed by atoms with van der Waals surface area (Å²) in [5.41, 5.74) is 5.19. The molecule has 0 aromatic rings. The minimum Gasteiger partial charge on any atom is -0.392 e. The van der Waals surface area contributed by atoms with E-state index in [4.69, 9.17) is 22.7 Å². The van der Waals surface area contributed by atoms with Crippen molar-refractivity contribution >= 4 is 34.9 Å². The summed E-state index contributed by atoms with van der Waals surface area (Å²) in [5, 5.41) is 0. The zero-order valence-electron chi connectivity index (χ0n) is 10.7. The van der Waals surface area contributed by atoms with Crippen LogP contribution in [0.1, 0.15) is 19.3 Å². The summed E-state index contributed by atoms with van der Waals surface area (Å²) in [6, 6.07) is 0.330. The zero-order chi connectivity index (χ0) is 13.2. The Kier molecular flexibility index (Phi) is 4.50. The summed E-state index contributed by atoms with van der Waals surface area (Å²) in [4.78, 5) is 14.9. The fraction of sp³-hybridized carbons (Fsp3) is 0.833. The molecule has 2 aliphatic rings. The van der Waals surface area contributed by atoms with Crippen LogP contribution in [0, 0.1) is 5.41 Å². The van der Waals surface area contributed by atoms with E-state index in [1.807, 2.05) is 23.7 Å². The van der Waals surface area contributed by atoms with Crippen LogP contribution < -0.4 is 5.73 Å². The standard InChI is InChI=1S/C12H20N2O2S2/c1-14(9-2-7-18-8-9)11(15)12(10(13)17)3-5-16-6-4-12/h9H,2-8H2,1H3,(H2,13,17). The monoisotopic (exact) mass is 288 g/mol. The van der Waals surface area contributed by atoms with Gasteiger partial charge in [0.15, 0.2) is 0 Å². The molecule has 2 N–H and O–H groups in total. The Hall–Kier alpha value is -0.330. The van der Waals surface area contributed by atoms with Gasteiger partial charge in [-0.15, -0.1) is 0 Å². The van der Waals surface area contributed by atoms with Crippen molar-refractivity contribution in [1.29, 1.82) is 0 Å². The minimum atomic E-state index is -0.671. The molecular formula is C12H20N2O2S2. The molecule has 1 unspecified atom stereocenters. The molecule has 2 saturated heterocycles. The normalized spacial score (nSPS) is 26.8. The Morgan fingerprint density at radius 1 is 1.50 bits per heavy atom. The maximum absolute atomic E-state index is 12.7. The van der Waals surface area contributed by atoms with E-state index < -0.39 is 5.41 Å². The summed E-state index contributed by atoms with van der Waals surface area (Å²) >= 11 is 7.07. The summed E-state index contributed by atoms with van der Waals surface area (Å²) in [7, 11) is 1.88. The summed E-state index contributed by atoms with van der Waals surface area (Å²) in [6.45, 7) is 1.13. The maximum Gasteiger partial charge on any atom is 0.235 e. The number of thiocarbonyl (C=S) groups is 1. The van der Waals surface area contributed by atoms with E-state index in [9.17, 15) is 4.79 Å². The molecule has 2 fully saturated rings. The number of carbonyl (C=O) groups is 1. The molecule has 0 bridgehead atoms. The Balaban J connectivity index is 2.14. The van der Waals surface area contributed by atoms with Crippen molar-refractivity contribution in [3.05, 3.63) is 0 Å². The number of ether oxygens (including phenoxy) is 1. The Morgan fingerprint density at radius 2 is 2.17 bits per heavy atom. The zero-order valence-corrected chi connectivity index (χ0v) is 12.3. The second-order valence-corrected chi connectivity index (χ2v) is 6.58. The highest BCUT2D eigenvalue weighted by molar-refractivity contribution is 7.99. The lowest BCUT2D eigenvalue weighted by Gasteiger charge is -2.39. The molecule has 2 aliphatic heterocycles. The van der Waals surface area contributed by atoms with Gasteiger partial charge >= 0.3 is 0 Å². The lowest BCUT2D eigenvalue weighted by molar-refractivity contribution is -0.142. The van der Waals surface area contributed by atoms with Crippen molar-refractivity contribution in [1.82, 2.24) is 4.90 Å². The van der Waals surface area contributed by atoms with Crippen LogP contribution >= 0.6 is 24.0 Å². The lowest BCUT2D eigenvalue weighted by Crippen LogP contribution is -2.54. The molecule has 1 amide bonds. The van der Waals surface area contributed by atoms with Crippen LogP contribution in [-0.4, -0.2) is 53.6 Å². The number of nitrogens with two attached hydrogens (primary N) is 1. The largest absolute Gasteiger partial charge is 0.392 e. The fourth-order valence-electron chi connectivity index (χ4n) is 2.62. The van der Waals surface area contributed by atoms with Crippen LogP contribution in [0.4, 0.5) is 0 Å². The quantitative estimate of drug-likeness (QED) is 0.786. The molecule has 4 nitrogen and oxygen atoms in total. The molecular weight excluding hydrogens is 268 g/mol. The minimum absolute atomic E-state index is 0.0887. The predicted octanol–water partition coefficient (Wildman–Crippen LogP) is 1.03. The predicted molar refractivity (Wildman–Crippen MR) is 77.8 cm³/mol. The van der Waals surface area contributed by atoms with E-state index in [0.29, 0.717) is 37.1 Å². The van der Waals surface area contributed by atoms with Gasteiger partial charge in [-0.1, -0.05) is 12.2 Å². The van der Waals surface area contributed by atoms with Gasteiger partial charge in [0, 0.05) is 32.1 Å². The Labute approximate surface area is 118 Å². The molecule has 0 aliphatic carbocycles. The van der Waals surface area contributed by atoms with Crippen LogP contribution in [0.5, 0.6) is 0 Å². The average Bonchev–Trinajstić information content (AvgIpc) is 2.91. The summed E-state index contributed by atoms with van der Waals surface area (Å²) in [6.07, 6.45) is 2.30. The number of hydrogen-bond acceptors (Lipinski definition) is 4. The third-order valence-corrected chi connectivity index (χ3v) is 5.54. The molecule has 6 heteroatoms. The third kappa shape index (κ3) is 2.51. The van der Waals surface area contributed by atoms with Crippen molar-refractivity contribution in [3.8, 4) is 0 Å². The van der Waals surface area contributed by atoms with E-state index in [1.54, 1.807) is 0 Å². The molecule has 0 aromatic carbocycles. The van der Waals surface area contributed by atoms with Crippen molar-refractivity contribution in [2.45, 2.75) is 25.3 Å². The smallest absolute Gasteiger partial charge is 0.235 e. The highest BCUT2D eigenvalue weighted by atomic mass is 32.2. The number of carbonyl (C=O) groups excluding carboxylic acids is 1. The van der Waals surface area contributed by atoms with Gasteiger partial charge < -0.3 is 15.4 Å². The first-order valence-electron chi connectivity index (χ1n) is 6.30. The SMILES string of the molecule is CN(C(=O)C1(C(N)=S)CCOCC1)C1CCSC1. The van der Waals surface area contributed by atoms with Gasteiger partial charge in [-0.25, -0.2) is 0 Å². The van der Waals surface area contributed by atoms with Crippen molar-refractivity contribution in [2.75, 3.05) is 31.8 Å². The Bertz CT molecular complexity index is 337. The van der Waals surface area contributed by atoms with Crippen molar-refractivity contribution in [3.63, 3.8) is 0 Å². The second kappa shape index (κ2) is 5.75. The molecule has 1 atom stereocenters. The van der Waals surface area contributed by atoms with Gasteiger partial charge in [0.05, 0.1) is 4.99 Å². The van der Waals surface area contributed by atoms with Crippen LogP contribution in [-0.2, 0) is 9.53 Å². The van der Waals surface area contributed by atoms with Crippen LogP contribution in [0.25, 0.3) is 0 Å². The average molecular weight is 288 g/mol. The number of rotatable bonds is 3. The highest BCUT2D eigenvalue weighted by Crippen LogP contribution is 2.35. The number of thioether (sulfide) groups is 1. The van der Waals surface area contributed by atoms with Gasteiger partial charge in [-0.3, -0.25) is 4.79 Å². The second-order valence-electron chi connectivity index (χ2n) is 4.99. The first-order valence-corrected chi connectivity index (χ1v) is 7.87. The highest BCUT2D eigenvalue weighted by Gasteiger charge is 2.45. The van der Waals surface area contributed by atoms with Gasteiger partial charge in [0.25, 0.3) is 0 Å². The van der Waals surface area contributed by atoms with Gasteiger partial charge in [-0.05, 0) is 25.0 Å². The van der Waals surface area contributed by atoms with Crippen molar-refractivity contribution < 1.29 is 9.53 Å². The number of nitrogens with zero attached hydrogens (tertiary/aromatic N) is 1. The topological polar surface area (TPSA) is 55.6 Å². The molecule has 0 aromatic heterocycles. The van der Waals surface area contributed by atoms with Crippen LogP contribution in [0.3, 0.4) is 0 Å². The lowest BCUT2D eigenvalue weighted by atomic mass is 9.78. The van der Waals surface area contributed by atoms with Crippen molar-refractivity contribution in [2.24, 2.45) is 11.1 Å². The molecule has 2 heterocycles. The van der Waals surface area contributed by atoms with E-state index in [0.717, 1.165) is 17.9 Å². The van der Waals surface area contributed by atoms with Gasteiger partial charge in [-0.2, -0.15) is 11.8 Å². The van der Waals surface area contributed by atoms with Crippen LogP contribution in [0.15, 0.2) is 0 Å². The van der Waals surface area contributed by atoms with Gasteiger partial charge in [0.2, 0.25) is 5.91 Å². The van der Waals surface area contributed by atoms with E-state index in [2.05, 4.69) is 0 Å². The number of amides is 1. The van der Waals surface area contributed by atoms with E-state index in [1.165, 1.54) is 0 Å². The molecule has 2 rings (SSSR count). The first kappa shape index (κ1) is 14.1. The summed E-state index contributed by atoms with van der Waals surface area (Å²) < 4.78 is 5.34. The molecule has 18 heavy (non-hydrogen) atoms. The summed E-state index contributed by atoms with van der Waals surface area (Å²) in [5.74, 6) is 2.24. The van der Waals surface area contributed by atoms with E-state index in [-0.39, 0.29) is 5.91 Å². The molecule has 0 spiro atoms. The fourth-order valence-corrected chi connectivity index (χ4v) is 4.18. The van der Waals surface area contributed by atoms with E-state index >= 15 is 0 Å². The maximum atomic E-state index is 12.7. The molecule has 102 valence electrons. The molecule has 0 saturated carbocycles. The third-order valence-electron chi connectivity index (χ3n) is 4.00. The molecule has 0 radical (unpaired) electrons.